The zero-order valence-corrected chi connectivity index (χ0v) is 11.0. The zero-order valence-electron chi connectivity index (χ0n) is 10.2. The Bertz CT molecular complexity index is 400. The summed E-state index contributed by atoms with van der Waals surface area (Å²) in [5, 5.41) is 0.222. The molecule has 6 nitrogen and oxygen atoms in total. The Kier molecular flexibility index (Phi) is 3.63. The quantitative estimate of drug-likeness (QED) is 0.799. The lowest BCUT2D eigenvalue weighted by Crippen LogP contribution is -2.25. The topological polar surface area (TPSA) is 54.4 Å². The van der Waals surface area contributed by atoms with Gasteiger partial charge in [-0.15, -0.1) is 0 Å². The summed E-state index contributed by atoms with van der Waals surface area (Å²) in [4.78, 5) is 16.5. The number of halogens is 1. The van der Waals surface area contributed by atoms with Crippen LogP contribution in [0.25, 0.3) is 0 Å². The minimum absolute atomic E-state index is 0.222. The van der Waals surface area contributed by atoms with Gasteiger partial charge in [-0.05, 0) is 18.0 Å². The summed E-state index contributed by atoms with van der Waals surface area (Å²) in [7, 11) is 5.47. The van der Waals surface area contributed by atoms with Crippen LogP contribution in [0.2, 0.25) is 5.28 Å². The zero-order chi connectivity index (χ0) is 12.4. The molecule has 0 saturated carbocycles. The van der Waals surface area contributed by atoms with E-state index in [2.05, 4.69) is 19.9 Å². The Morgan fingerprint density at radius 1 is 1.35 bits per heavy atom. The molecular weight excluding hydrogens is 242 g/mol. The lowest BCUT2D eigenvalue weighted by Gasteiger charge is -2.18. The number of ether oxygens (including phenoxy) is 1. The van der Waals surface area contributed by atoms with Crippen LogP contribution in [0.3, 0.4) is 0 Å². The minimum atomic E-state index is 0.222. The van der Waals surface area contributed by atoms with E-state index in [-0.39, 0.29) is 11.4 Å². The lowest BCUT2D eigenvalue weighted by molar-refractivity contribution is 0.121. The van der Waals surface area contributed by atoms with Crippen molar-refractivity contribution in [1.29, 1.82) is 0 Å². The van der Waals surface area contributed by atoms with Gasteiger partial charge >= 0.3 is 0 Å². The number of aromatic nitrogens is 3. The van der Waals surface area contributed by atoms with Crippen molar-refractivity contribution >= 4 is 23.5 Å². The molecule has 94 valence electrons. The number of hydrogen-bond donors (Lipinski definition) is 0. The first-order valence-corrected chi connectivity index (χ1v) is 5.84. The van der Waals surface area contributed by atoms with Crippen molar-refractivity contribution in [3.05, 3.63) is 5.28 Å². The lowest BCUT2D eigenvalue weighted by atomic mass is 10.3. The second kappa shape index (κ2) is 5.01. The fraction of sp³-hybridized carbons (Fsp3) is 0.700. The number of methoxy groups -OCH3 is 1. The van der Waals surface area contributed by atoms with Crippen molar-refractivity contribution in [3.8, 4) is 0 Å². The molecule has 0 spiro atoms. The molecule has 1 aromatic heterocycles. The first-order chi connectivity index (χ1) is 8.10. The van der Waals surface area contributed by atoms with E-state index in [1.165, 1.54) is 0 Å². The van der Waals surface area contributed by atoms with Gasteiger partial charge in [0.15, 0.2) is 0 Å². The highest BCUT2D eigenvalue weighted by molar-refractivity contribution is 6.28. The largest absolute Gasteiger partial charge is 0.380 e. The Hall–Kier alpha value is -1.14. The highest BCUT2D eigenvalue weighted by Gasteiger charge is 2.25. The predicted octanol–water partition coefficient (Wildman–Crippen LogP) is 0.816. The van der Waals surface area contributed by atoms with Gasteiger partial charge in [0.1, 0.15) is 0 Å². The first-order valence-electron chi connectivity index (χ1n) is 5.47. The van der Waals surface area contributed by atoms with Gasteiger partial charge in [0.05, 0.1) is 6.10 Å². The molecule has 17 heavy (non-hydrogen) atoms. The molecule has 0 amide bonds. The molecule has 0 aliphatic carbocycles. The average Bonchev–Trinajstić information content (AvgIpc) is 2.76. The van der Waals surface area contributed by atoms with Crippen LogP contribution >= 0.6 is 11.6 Å². The van der Waals surface area contributed by atoms with Gasteiger partial charge in [-0.2, -0.15) is 15.0 Å². The molecule has 1 aliphatic heterocycles. The third-order valence-electron chi connectivity index (χ3n) is 2.75. The van der Waals surface area contributed by atoms with Crippen molar-refractivity contribution in [1.82, 2.24) is 15.0 Å². The van der Waals surface area contributed by atoms with Crippen molar-refractivity contribution < 1.29 is 4.74 Å². The maximum atomic E-state index is 5.90. The molecule has 1 unspecified atom stereocenters. The second-order valence-corrected chi connectivity index (χ2v) is 4.53. The normalized spacial score (nSPS) is 19.8. The second-order valence-electron chi connectivity index (χ2n) is 4.19. The van der Waals surface area contributed by atoms with Crippen LogP contribution in [-0.4, -0.2) is 55.4 Å². The fourth-order valence-corrected chi connectivity index (χ4v) is 1.92. The van der Waals surface area contributed by atoms with Gasteiger partial charge in [-0.1, -0.05) is 0 Å². The maximum Gasteiger partial charge on any atom is 0.231 e. The molecule has 0 bridgehead atoms. The summed E-state index contributed by atoms with van der Waals surface area (Å²) in [6, 6.07) is 0. The van der Waals surface area contributed by atoms with E-state index in [0.29, 0.717) is 11.9 Å². The highest BCUT2D eigenvalue weighted by Crippen LogP contribution is 2.20. The molecular formula is C10H16ClN5O. The van der Waals surface area contributed by atoms with E-state index in [4.69, 9.17) is 16.3 Å². The molecule has 7 heteroatoms. The number of rotatable bonds is 3. The predicted molar refractivity (Wildman–Crippen MR) is 66.8 cm³/mol. The summed E-state index contributed by atoms with van der Waals surface area (Å²) < 4.78 is 5.31. The molecule has 0 aromatic carbocycles. The van der Waals surface area contributed by atoms with Crippen LogP contribution in [0.5, 0.6) is 0 Å². The minimum Gasteiger partial charge on any atom is -0.380 e. The first kappa shape index (κ1) is 12.3. The van der Waals surface area contributed by atoms with Crippen molar-refractivity contribution in [3.63, 3.8) is 0 Å². The molecule has 1 aromatic rings. The summed E-state index contributed by atoms with van der Waals surface area (Å²) in [6.45, 7) is 1.68. The Balaban J connectivity index is 2.21. The third-order valence-corrected chi connectivity index (χ3v) is 2.91. The van der Waals surface area contributed by atoms with Crippen LogP contribution < -0.4 is 9.80 Å². The van der Waals surface area contributed by atoms with Gasteiger partial charge in [-0.25, -0.2) is 0 Å². The van der Waals surface area contributed by atoms with E-state index in [1.807, 2.05) is 14.1 Å². The Labute approximate surface area is 106 Å². The molecule has 2 rings (SSSR count). The number of hydrogen-bond acceptors (Lipinski definition) is 6. The van der Waals surface area contributed by atoms with Crippen molar-refractivity contribution in [2.75, 3.05) is 44.1 Å². The number of anilines is 2. The van der Waals surface area contributed by atoms with Crippen LogP contribution in [-0.2, 0) is 4.74 Å². The van der Waals surface area contributed by atoms with E-state index in [1.54, 1.807) is 12.0 Å². The highest BCUT2D eigenvalue weighted by atomic mass is 35.5. The molecule has 0 N–H and O–H groups in total. The van der Waals surface area contributed by atoms with Crippen molar-refractivity contribution in [2.24, 2.45) is 0 Å². The number of nitrogens with zero attached hydrogens (tertiary/aromatic N) is 5. The monoisotopic (exact) mass is 257 g/mol. The fourth-order valence-electron chi connectivity index (χ4n) is 1.77. The summed E-state index contributed by atoms with van der Waals surface area (Å²) in [5.74, 6) is 1.19. The Morgan fingerprint density at radius 2 is 2.12 bits per heavy atom. The summed E-state index contributed by atoms with van der Waals surface area (Å²) in [5.41, 5.74) is 0. The maximum absolute atomic E-state index is 5.90. The van der Waals surface area contributed by atoms with E-state index in [9.17, 15) is 0 Å². The van der Waals surface area contributed by atoms with Gasteiger partial charge in [0, 0.05) is 34.3 Å². The SMILES string of the molecule is COC1CCN(c2nc(Cl)nc(N(C)C)n2)C1. The van der Waals surface area contributed by atoms with E-state index >= 15 is 0 Å². The molecule has 1 fully saturated rings. The molecule has 1 aliphatic rings. The van der Waals surface area contributed by atoms with E-state index in [0.717, 1.165) is 19.5 Å². The van der Waals surface area contributed by atoms with Crippen LogP contribution in [0.15, 0.2) is 0 Å². The summed E-state index contributed by atoms with van der Waals surface area (Å²) >= 11 is 5.90. The molecule has 0 radical (unpaired) electrons. The van der Waals surface area contributed by atoms with Gasteiger partial charge < -0.3 is 14.5 Å². The Morgan fingerprint density at radius 3 is 2.71 bits per heavy atom. The molecule has 1 saturated heterocycles. The van der Waals surface area contributed by atoms with Crippen molar-refractivity contribution in [2.45, 2.75) is 12.5 Å². The summed E-state index contributed by atoms with van der Waals surface area (Å²) in [6.07, 6.45) is 1.23. The van der Waals surface area contributed by atoms with Gasteiger partial charge in [0.25, 0.3) is 0 Å². The third kappa shape index (κ3) is 2.76. The van der Waals surface area contributed by atoms with Crippen LogP contribution in [0.4, 0.5) is 11.9 Å². The van der Waals surface area contributed by atoms with E-state index < -0.39 is 0 Å². The molecule has 2 heterocycles. The smallest absolute Gasteiger partial charge is 0.231 e. The van der Waals surface area contributed by atoms with Gasteiger partial charge in [0.2, 0.25) is 17.2 Å². The van der Waals surface area contributed by atoms with Crippen LogP contribution in [0, 0.1) is 0 Å². The standard InChI is InChI=1S/C10H16ClN5O/c1-15(2)9-12-8(11)13-10(14-9)16-5-4-7(6-16)17-3/h7H,4-6H2,1-3H3. The molecule has 1 atom stereocenters. The van der Waals surface area contributed by atoms with Gasteiger partial charge in [-0.3, -0.25) is 0 Å². The van der Waals surface area contributed by atoms with Crippen LogP contribution in [0.1, 0.15) is 6.42 Å². The average molecular weight is 258 g/mol.